The summed E-state index contributed by atoms with van der Waals surface area (Å²) < 4.78 is 11.5. The van der Waals surface area contributed by atoms with Crippen molar-refractivity contribution in [2.24, 2.45) is 0 Å². The van der Waals surface area contributed by atoms with Crippen LogP contribution in [0.5, 0.6) is 34.5 Å². The lowest BCUT2D eigenvalue weighted by molar-refractivity contribution is 0.444. The second-order valence-electron chi connectivity index (χ2n) is 5.78. The van der Waals surface area contributed by atoms with Crippen LogP contribution in [-0.2, 0) is 0 Å². The van der Waals surface area contributed by atoms with Gasteiger partial charge in [0, 0.05) is 23.8 Å². The van der Waals surface area contributed by atoms with Crippen LogP contribution in [-0.4, -0.2) is 10.2 Å². The summed E-state index contributed by atoms with van der Waals surface area (Å²) in [6.07, 6.45) is 11.2. The van der Waals surface area contributed by atoms with Gasteiger partial charge < -0.3 is 31.2 Å². The van der Waals surface area contributed by atoms with Gasteiger partial charge >= 0.3 is 0 Å². The topological polar surface area (TPSA) is 111 Å². The van der Waals surface area contributed by atoms with E-state index in [0.717, 1.165) is 0 Å². The van der Waals surface area contributed by atoms with Crippen molar-refractivity contribution in [1.29, 1.82) is 0 Å². The van der Waals surface area contributed by atoms with E-state index in [4.69, 9.17) is 33.8 Å². The minimum Gasteiger partial charge on any atom is -0.506 e. The first-order valence-corrected chi connectivity index (χ1v) is 8.05. The van der Waals surface area contributed by atoms with E-state index >= 15 is 0 Å². The van der Waals surface area contributed by atoms with Crippen molar-refractivity contribution >= 4 is 11.4 Å². The van der Waals surface area contributed by atoms with E-state index in [9.17, 15) is 10.2 Å². The van der Waals surface area contributed by atoms with E-state index in [1.54, 1.807) is 24.3 Å². The van der Waals surface area contributed by atoms with Gasteiger partial charge in [0.2, 0.25) is 0 Å². The van der Waals surface area contributed by atoms with Crippen LogP contribution >= 0.6 is 0 Å². The number of anilines is 2. The molecule has 3 rings (SSSR count). The van der Waals surface area contributed by atoms with Crippen LogP contribution in [0.3, 0.4) is 0 Å². The number of nitrogens with two attached hydrogens (primary N) is 2. The van der Waals surface area contributed by atoms with Gasteiger partial charge in [-0.2, -0.15) is 0 Å². The van der Waals surface area contributed by atoms with Gasteiger partial charge in [0.15, 0.2) is 0 Å². The van der Waals surface area contributed by atoms with Gasteiger partial charge in [-0.25, -0.2) is 0 Å². The second-order valence-corrected chi connectivity index (χ2v) is 5.78. The fourth-order valence-electron chi connectivity index (χ4n) is 2.43. The molecule has 6 N–H and O–H groups in total. The third-order valence-electron chi connectivity index (χ3n) is 3.84. The molecule has 3 aromatic rings. The first kappa shape index (κ1) is 18.4. The number of terminal acetylenes is 2. The molecule has 0 spiro atoms. The molecule has 0 aromatic heterocycles. The van der Waals surface area contributed by atoms with Crippen LogP contribution in [0.15, 0.2) is 48.5 Å². The highest BCUT2D eigenvalue weighted by Crippen LogP contribution is 2.36. The van der Waals surface area contributed by atoms with Gasteiger partial charge in [-0.05, 0) is 30.3 Å². The minimum absolute atomic E-state index is 0.108. The van der Waals surface area contributed by atoms with Gasteiger partial charge in [-0.3, -0.25) is 0 Å². The highest BCUT2D eigenvalue weighted by molar-refractivity contribution is 5.62. The van der Waals surface area contributed by atoms with E-state index in [-0.39, 0.29) is 28.6 Å². The molecule has 0 aliphatic carbocycles. The Morgan fingerprint density at radius 2 is 1.29 bits per heavy atom. The molecule has 0 saturated carbocycles. The lowest BCUT2D eigenvalue weighted by Gasteiger charge is -2.14. The van der Waals surface area contributed by atoms with Crippen LogP contribution < -0.4 is 20.9 Å². The molecule has 3 aromatic carbocycles. The monoisotopic (exact) mass is 372 g/mol. The Bertz CT molecular complexity index is 1140. The predicted molar refractivity (Wildman–Crippen MR) is 107 cm³/mol. The van der Waals surface area contributed by atoms with Gasteiger partial charge in [0.25, 0.3) is 0 Å². The minimum atomic E-state index is -0.123. The smallest absolute Gasteiger partial charge is 0.148 e. The van der Waals surface area contributed by atoms with E-state index in [2.05, 4.69) is 11.8 Å². The summed E-state index contributed by atoms with van der Waals surface area (Å²) in [6.45, 7) is 0. The van der Waals surface area contributed by atoms with Crippen molar-refractivity contribution in [3.05, 3.63) is 59.7 Å². The number of phenols is 2. The average Bonchev–Trinajstić information content (AvgIpc) is 2.67. The lowest BCUT2D eigenvalue weighted by Crippen LogP contribution is -1.95. The van der Waals surface area contributed by atoms with Crippen molar-refractivity contribution in [1.82, 2.24) is 0 Å². The number of hydrogen-bond acceptors (Lipinski definition) is 6. The summed E-state index contributed by atoms with van der Waals surface area (Å²) >= 11 is 0. The number of hydrogen-bond donors (Lipinski definition) is 4. The van der Waals surface area contributed by atoms with Crippen LogP contribution in [0.2, 0.25) is 0 Å². The highest BCUT2D eigenvalue weighted by atomic mass is 16.5. The molecule has 0 aliphatic heterocycles. The van der Waals surface area contributed by atoms with E-state index in [0.29, 0.717) is 28.4 Å². The van der Waals surface area contributed by atoms with Crippen LogP contribution in [0.4, 0.5) is 11.4 Å². The Hall–Kier alpha value is -4.42. The maximum Gasteiger partial charge on any atom is 0.148 e. The molecular weight excluding hydrogens is 356 g/mol. The molecule has 0 bridgehead atoms. The number of ether oxygens (including phenoxy) is 2. The van der Waals surface area contributed by atoms with Gasteiger partial charge in [-0.1, -0.05) is 11.8 Å². The van der Waals surface area contributed by atoms with Crippen molar-refractivity contribution in [3.8, 4) is 59.2 Å². The van der Waals surface area contributed by atoms with E-state index < -0.39 is 0 Å². The molecule has 0 saturated heterocycles. The Balaban J connectivity index is 2.01. The first-order chi connectivity index (χ1) is 13.4. The first-order valence-electron chi connectivity index (χ1n) is 8.05. The lowest BCUT2D eigenvalue weighted by atomic mass is 10.1. The summed E-state index contributed by atoms with van der Waals surface area (Å²) in [5.74, 6) is 6.03. The summed E-state index contributed by atoms with van der Waals surface area (Å²) in [5.41, 5.74) is 12.4. The number of nitrogen functional groups attached to an aromatic ring is 2. The van der Waals surface area contributed by atoms with Crippen LogP contribution in [0.1, 0.15) is 11.1 Å². The third kappa shape index (κ3) is 3.72. The number of rotatable bonds is 4. The van der Waals surface area contributed by atoms with Crippen molar-refractivity contribution < 1.29 is 19.7 Å². The molecule has 0 heterocycles. The van der Waals surface area contributed by atoms with E-state index in [1.807, 2.05) is 0 Å². The Morgan fingerprint density at radius 3 is 1.79 bits per heavy atom. The number of aromatic hydroxyl groups is 2. The maximum atomic E-state index is 9.77. The summed E-state index contributed by atoms with van der Waals surface area (Å²) in [7, 11) is 0. The standard InChI is InChI=1S/C22H16N2O4/c1-3-13-9-16(27-14-5-7-18(23)20(25)10-14)12-22(17(13)4-2)28-15-6-8-19(24)21(26)11-15/h1-2,5-12,25-26H,23-24H2. The summed E-state index contributed by atoms with van der Waals surface area (Å²) in [6, 6.07) is 12.0. The summed E-state index contributed by atoms with van der Waals surface area (Å²) in [4.78, 5) is 0. The molecule has 0 amide bonds. The molecule has 0 aliphatic rings. The molecule has 6 nitrogen and oxygen atoms in total. The highest BCUT2D eigenvalue weighted by Gasteiger charge is 2.13. The molecule has 6 heteroatoms. The molecule has 0 radical (unpaired) electrons. The second kappa shape index (κ2) is 7.45. The Kier molecular flexibility index (Phi) is 4.89. The number of benzene rings is 3. The Morgan fingerprint density at radius 1 is 0.714 bits per heavy atom. The SMILES string of the molecule is C#Cc1cc(Oc2ccc(N)c(O)c2)cc(Oc2ccc(N)c(O)c2)c1C#C. The van der Waals surface area contributed by atoms with Crippen molar-refractivity contribution in [3.63, 3.8) is 0 Å². The fourth-order valence-corrected chi connectivity index (χ4v) is 2.43. The molecule has 28 heavy (non-hydrogen) atoms. The summed E-state index contributed by atoms with van der Waals surface area (Å²) in [5, 5.41) is 19.5. The van der Waals surface area contributed by atoms with Gasteiger partial charge in [0.1, 0.15) is 34.5 Å². The quantitative estimate of drug-likeness (QED) is 0.315. The zero-order chi connectivity index (χ0) is 20.3. The van der Waals surface area contributed by atoms with Crippen molar-refractivity contribution in [2.45, 2.75) is 0 Å². The van der Waals surface area contributed by atoms with Gasteiger partial charge in [-0.15, -0.1) is 12.8 Å². The van der Waals surface area contributed by atoms with Gasteiger partial charge in [0.05, 0.1) is 16.9 Å². The predicted octanol–water partition coefficient (Wildman–Crippen LogP) is 3.81. The zero-order valence-electron chi connectivity index (χ0n) is 14.6. The molecule has 0 atom stereocenters. The number of phenolic OH excluding ortho intramolecular Hbond substituents is 2. The average molecular weight is 372 g/mol. The third-order valence-corrected chi connectivity index (χ3v) is 3.84. The molecule has 0 unspecified atom stereocenters. The molecular formula is C22H16N2O4. The zero-order valence-corrected chi connectivity index (χ0v) is 14.6. The molecule has 0 fully saturated rings. The Labute approximate surface area is 161 Å². The van der Waals surface area contributed by atoms with E-state index in [1.165, 1.54) is 24.3 Å². The largest absolute Gasteiger partial charge is 0.506 e. The van der Waals surface area contributed by atoms with Crippen LogP contribution in [0.25, 0.3) is 0 Å². The molecule has 138 valence electrons. The van der Waals surface area contributed by atoms with Crippen molar-refractivity contribution in [2.75, 3.05) is 11.5 Å². The normalized spacial score (nSPS) is 9.93. The van der Waals surface area contributed by atoms with Crippen LogP contribution in [0, 0.1) is 24.7 Å². The maximum absolute atomic E-state index is 9.77. The fraction of sp³-hybridized carbons (Fsp3) is 0.